The highest BCUT2D eigenvalue weighted by Crippen LogP contribution is 2.31. The average molecular weight is 385 g/mol. The molecule has 6 nitrogen and oxygen atoms in total. The van der Waals surface area contributed by atoms with Gasteiger partial charge in [-0.15, -0.1) is 11.3 Å². The van der Waals surface area contributed by atoms with Crippen molar-refractivity contribution in [1.29, 1.82) is 0 Å². The lowest BCUT2D eigenvalue weighted by atomic mass is 10.0. The number of hydrogen-bond acceptors (Lipinski definition) is 5. The fourth-order valence-electron chi connectivity index (χ4n) is 3.20. The van der Waals surface area contributed by atoms with Gasteiger partial charge in [-0.3, -0.25) is 4.99 Å². The number of furan rings is 1. The van der Waals surface area contributed by atoms with Crippen LogP contribution in [-0.2, 0) is 11.3 Å². The summed E-state index contributed by atoms with van der Waals surface area (Å²) < 4.78 is 12.9. The standard InChI is InChI=1S/C20H24N4O2S/c1-20(10-5-11-25-20)13-23-19(21-2)22-12-14-8-9-16(26-14)18-24-15-6-3-4-7-17(15)27-18/h3-4,6-9H,5,10-13H2,1-2H3,(H2,21,22,23). The molecule has 2 N–H and O–H groups in total. The molecule has 27 heavy (non-hydrogen) atoms. The molecule has 1 atom stereocenters. The lowest BCUT2D eigenvalue weighted by Gasteiger charge is -2.24. The molecule has 0 amide bonds. The number of aliphatic imine (C=N–C) groups is 1. The molecule has 0 spiro atoms. The van der Waals surface area contributed by atoms with E-state index in [0.717, 1.165) is 58.7 Å². The minimum absolute atomic E-state index is 0.109. The molecule has 1 aromatic carbocycles. The third-order valence-corrected chi connectivity index (χ3v) is 5.80. The number of para-hydroxylation sites is 1. The van der Waals surface area contributed by atoms with Gasteiger partial charge >= 0.3 is 0 Å². The fourth-order valence-corrected chi connectivity index (χ4v) is 4.13. The molecule has 142 valence electrons. The number of aromatic nitrogens is 1. The van der Waals surface area contributed by atoms with E-state index < -0.39 is 0 Å². The lowest BCUT2D eigenvalue weighted by Crippen LogP contribution is -2.45. The van der Waals surface area contributed by atoms with E-state index in [2.05, 4.69) is 33.6 Å². The number of nitrogens with zero attached hydrogens (tertiary/aromatic N) is 2. The van der Waals surface area contributed by atoms with Gasteiger partial charge in [0.2, 0.25) is 0 Å². The van der Waals surface area contributed by atoms with Gasteiger partial charge in [0.1, 0.15) is 5.76 Å². The van der Waals surface area contributed by atoms with Crippen molar-refractivity contribution in [2.24, 2.45) is 4.99 Å². The van der Waals surface area contributed by atoms with E-state index >= 15 is 0 Å². The SMILES string of the molecule is CN=C(NCc1ccc(-c2nc3ccccc3s2)o1)NCC1(C)CCCO1. The molecular formula is C20H24N4O2S. The van der Waals surface area contributed by atoms with Crippen molar-refractivity contribution in [2.45, 2.75) is 31.9 Å². The summed E-state index contributed by atoms with van der Waals surface area (Å²) in [4.78, 5) is 8.92. The molecule has 0 aliphatic carbocycles. The molecule has 7 heteroatoms. The maximum absolute atomic E-state index is 5.97. The molecule has 3 heterocycles. The number of fused-ring (bicyclic) bond motifs is 1. The molecule has 1 fully saturated rings. The zero-order valence-electron chi connectivity index (χ0n) is 15.6. The number of rotatable bonds is 5. The van der Waals surface area contributed by atoms with Crippen LogP contribution >= 0.6 is 11.3 Å². The summed E-state index contributed by atoms with van der Waals surface area (Å²) in [7, 11) is 1.77. The van der Waals surface area contributed by atoms with Crippen LogP contribution in [0.3, 0.4) is 0 Å². The maximum Gasteiger partial charge on any atom is 0.191 e. The zero-order chi connectivity index (χ0) is 18.7. The van der Waals surface area contributed by atoms with E-state index in [1.54, 1.807) is 18.4 Å². The second kappa shape index (κ2) is 7.70. The third kappa shape index (κ3) is 4.14. The molecule has 1 aliphatic rings. The minimum atomic E-state index is -0.109. The van der Waals surface area contributed by atoms with E-state index in [4.69, 9.17) is 9.15 Å². The molecule has 3 aromatic rings. The van der Waals surface area contributed by atoms with Gasteiger partial charge in [-0.25, -0.2) is 4.98 Å². The maximum atomic E-state index is 5.97. The van der Waals surface area contributed by atoms with Crippen molar-refractivity contribution >= 4 is 27.5 Å². The van der Waals surface area contributed by atoms with Crippen LogP contribution in [0.25, 0.3) is 21.0 Å². The Kier molecular flexibility index (Phi) is 5.13. The van der Waals surface area contributed by atoms with Crippen LogP contribution in [0.5, 0.6) is 0 Å². The van der Waals surface area contributed by atoms with E-state index in [1.165, 1.54) is 0 Å². The van der Waals surface area contributed by atoms with E-state index in [1.807, 2.05) is 30.3 Å². The highest BCUT2D eigenvalue weighted by atomic mass is 32.1. The summed E-state index contributed by atoms with van der Waals surface area (Å²) in [5, 5.41) is 7.53. The second-order valence-electron chi connectivity index (χ2n) is 6.93. The summed E-state index contributed by atoms with van der Waals surface area (Å²) in [5.41, 5.74) is 0.892. The van der Waals surface area contributed by atoms with Gasteiger partial charge in [0.05, 0.1) is 22.4 Å². The molecule has 0 saturated carbocycles. The number of nitrogens with one attached hydrogen (secondary N) is 2. The Hall–Kier alpha value is -2.38. The van der Waals surface area contributed by atoms with Gasteiger partial charge in [-0.2, -0.15) is 0 Å². The van der Waals surface area contributed by atoms with Gasteiger partial charge in [-0.05, 0) is 44.0 Å². The first-order valence-corrected chi connectivity index (χ1v) is 10.00. The Morgan fingerprint density at radius 3 is 2.93 bits per heavy atom. The quantitative estimate of drug-likeness (QED) is 0.517. The fraction of sp³-hybridized carbons (Fsp3) is 0.400. The van der Waals surface area contributed by atoms with E-state index in [0.29, 0.717) is 6.54 Å². The van der Waals surface area contributed by atoms with Crippen molar-refractivity contribution in [3.63, 3.8) is 0 Å². The molecule has 2 aromatic heterocycles. The van der Waals surface area contributed by atoms with E-state index in [-0.39, 0.29) is 5.60 Å². The van der Waals surface area contributed by atoms with Gasteiger partial charge in [0.25, 0.3) is 0 Å². The first-order chi connectivity index (χ1) is 13.1. The smallest absolute Gasteiger partial charge is 0.191 e. The van der Waals surface area contributed by atoms with Crippen LogP contribution in [0.1, 0.15) is 25.5 Å². The van der Waals surface area contributed by atoms with Crippen LogP contribution in [0.4, 0.5) is 0 Å². The number of thiazole rings is 1. The molecule has 1 unspecified atom stereocenters. The first-order valence-electron chi connectivity index (χ1n) is 9.18. The summed E-state index contributed by atoms with van der Waals surface area (Å²) >= 11 is 1.64. The first kappa shape index (κ1) is 18.0. The van der Waals surface area contributed by atoms with Gasteiger partial charge in [-0.1, -0.05) is 12.1 Å². The lowest BCUT2D eigenvalue weighted by molar-refractivity contribution is 0.0243. The Balaban J connectivity index is 1.35. The second-order valence-corrected chi connectivity index (χ2v) is 7.96. The Morgan fingerprint density at radius 2 is 2.15 bits per heavy atom. The molecule has 1 aliphatic heterocycles. The monoisotopic (exact) mass is 384 g/mol. The normalized spacial score (nSPS) is 20.3. The molecule has 1 saturated heterocycles. The third-order valence-electron chi connectivity index (χ3n) is 4.75. The van der Waals surface area contributed by atoms with Crippen molar-refractivity contribution in [2.75, 3.05) is 20.2 Å². The summed E-state index contributed by atoms with van der Waals surface area (Å²) in [5.74, 6) is 2.38. The van der Waals surface area contributed by atoms with Crippen molar-refractivity contribution < 1.29 is 9.15 Å². The zero-order valence-corrected chi connectivity index (χ0v) is 16.4. The van der Waals surface area contributed by atoms with E-state index in [9.17, 15) is 0 Å². The molecule has 0 radical (unpaired) electrons. The van der Waals surface area contributed by atoms with Crippen LogP contribution in [0.2, 0.25) is 0 Å². The topological polar surface area (TPSA) is 71.7 Å². The van der Waals surface area contributed by atoms with Gasteiger partial charge < -0.3 is 19.8 Å². The number of guanidine groups is 1. The number of ether oxygens (including phenoxy) is 1. The molecule has 0 bridgehead atoms. The Bertz CT molecular complexity index is 907. The van der Waals surface area contributed by atoms with Crippen molar-refractivity contribution in [1.82, 2.24) is 15.6 Å². The predicted molar refractivity (Wildman–Crippen MR) is 109 cm³/mol. The minimum Gasteiger partial charge on any atom is -0.457 e. The van der Waals surface area contributed by atoms with Crippen LogP contribution in [-0.4, -0.2) is 36.7 Å². The largest absolute Gasteiger partial charge is 0.457 e. The number of benzene rings is 1. The van der Waals surface area contributed by atoms with Gasteiger partial charge in [0.15, 0.2) is 16.7 Å². The number of hydrogen-bond donors (Lipinski definition) is 2. The van der Waals surface area contributed by atoms with Crippen LogP contribution in [0, 0.1) is 0 Å². The van der Waals surface area contributed by atoms with Gasteiger partial charge in [0, 0.05) is 20.2 Å². The summed E-state index contributed by atoms with van der Waals surface area (Å²) in [6.07, 6.45) is 2.19. The van der Waals surface area contributed by atoms with Crippen LogP contribution < -0.4 is 10.6 Å². The molecular weight excluding hydrogens is 360 g/mol. The van der Waals surface area contributed by atoms with Crippen LogP contribution in [0.15, 0.2) is 45.8 Å². The highest BCUT2D eigenvalue weighted by Gasteiger charge is 2.29. The Morgan fingerprint density at radius 1 is 1.26 bits per heavy atom. The van der Waals surface area contributed by atoms with Crippen molar-refractivity contribution in [3.05, 3.63) is 42.2 Å². The summed E-state index contributed by atoms with van der Waals surface area (Å²) in [6, 6.07) is 12.1. The predicted octanol–water partition coefficient (Wildman–Crippen LogP) is 3.79. The Labute approximate surface area is 162 Å². The van der Waals surface area contributed by atoms with Crippen molar-refractivity contribution in [3.8, 4) is 10.8 Å². The molecule has 4 rings (SSSR count). The highest BCUT2D eigenvalue weighted by molar-refractivity contribution is 7.21. The summed E-state index contributed by atoms with van der Waals surface area (Å²) in [6.45, 7) is 4.27. The average Bonchev–Trinajstić information content (AvgIpc) is 3.41.